The van der Waals surface area contributed by atoms with E-state index in [1.54, 1.807) is 158 Å². The molecule has 8 aromatic carbocycles. The second-order valence-corrected chi connectivity index (χ2v) is 41.6. The summed E-state index contributed by atoms with van der Waals surface area (Å²) in [5.41, 5.74) is 9.26. The molecule has 8 aromatic heterocycles. The molecule has 8 heterocycles. The van der Waals surface area contributed by atoms with Crippen molar-refractivity contribution in [2.75, 3.05) is 25.5 Å². The SMILES string of the molecule is CCOc1ccc(-n2nc(C)cc2NS(=O)(=O)c2ccc(C(C)(C)C)cc2)c2cccnc12.Cc1cc(NS(=O)(=O)c2cc(F)c(C(C)(C)C)c(F)c2)n(-c2cccc3ncccc23)n1.Cc1cc(NS(=O)(=O)c2ccc(C(C)(C)C)c(Cl)c2)n(-c2cccc3ncccc23)n1.Cc1cc(NS(=O)(=O)c2ccc(C(C)(C)C)cc2)n(-c2cccc3c[n+](O)ccc23)n1. The summed E-state index contributed by atoms with van der Waals surface area (Å²) < 4.78 is 157. The zero-order valence-electron chi connectivity index (χ0n) is 73.1. The normalized spacial score (nSPS) is 12.3. The van der Waals surface area contributed by atoms with Gasteiger partial charge in [-0.1, -0.05) is 143 Å². The quantitative estimate of drug-likeness (QED) is 0.0394. The number of hydrogen-bond acceptors (Lipinski definition) is 17. The number of pyridine rings is 4. The number of rotatable bonds is 18. The van der Waals surface area contributed by atoms with Crippen molar-refractivity contribution in [1.82, 2.24) is 54.1 Å². The Morgan fingerprint density at radius 3 is 1.18 bits per heavy atom. The average Bonchev–Trinajstić information content (AvgIpc) is 1.18. The smallest absolute Gasteiger partial charge is 0.263 e. The Bertz CT molecular complexity index is 7310. The van der Waals surface area contributed by atoms with Crippen LogP contribution in [0.4, 0.5) is 32.1 Å². The van der Waals surface area contributed by atoms with Crippen molar-refractivity contribution in [3.8, 4) is 28.5 Å². The molecule has 5 N–H and O–H groups in total. The fourth-order valence-corrected chi connectivity index (χ4v) is 19.0. The van der Waals surface area contributed by atoms with E-state index in [9.17, 15) is 47.7 Å². The van der Waals surface area contributed by atoms with Gasteiger partial charge >= 0.3 is 0 Å². The monoisotopic (exact) mass is 1810 g/mol. The van der Waals surface area contributed by atoms with Gasteiger partial charge in [0.15, 0.2) is 0 Å². The van der Waals surface area contributed by atoms with Gasteiger partial charge in [0.25, 0.3) is 40.1 Å². The van der Waals surface area contributed by atoms with Crippen molar-refractivity contribution in [2.24, 2.45) is 0 Å². The summed E-state index contributed by atoms with van der Waals surface area (Å²) in [6, 6.07) is 60.2. The third-order valence-corrected chi connectivity index (χ3v) is 26.2. The van der Waals surface area contributed by atoms with Gasteiger partial charge in [-0.05, 0) is 206 Å². The first-order chi connectivity index (χ1) is 59.7. The van der Waals surface area contributed by atoms with E-state index in [0.29, 0.717) is 85.7 Å². The lowest BCUT2D eigenvalue weighted by atomic mass is 9.86. The molecule has 0 fully saturated rings. The van der Waals surface area contributed by atoms with E-state index >= 15 is 0 Å². The van der Waals surface area contributed by atoms with Crippen LogP contribution in [0.25, 0.3) is 66.2 Å². The van der Waals surface area contributed by atoms with Crippen molar-refractivity contribution < 1.29 is 57.1 Å². The lowest BCUT2D eigenvalue weighted by Crippen LogP contribution is -2.28. The summed E-state index contributed by atoms with van der Waals surface area (Å²) >= 11 is 6.40. The summed E-state index contributed by atoms with van der Waals surface area (Å²) in [6.07, 6.45) is 8.18. The van der Waals surface area contributed by atoms with E-state index in [2.05, 4.69) is 95.8 Å². The van der Waals surface area contributed by atoms with Gasteiger partial charge in [-0.2, -0.15) is 20.4 Å². The molecule has 0 unspecified atom stereocenters. The van der Waals surface area contributed by atoms with Gasteiger partial charge in [0.2, 0.25) is 12.4 Å². The predicted octanol–water partition coefficient (Wildman–Crippen LogP) is 19.8. The molecule has 0 saturated carbocycles. The zero-order chi connectivity index (χ0) is 91.8. The molecule has 0 aliphatic rings. The number of nitrogens with one attached hydrogen (secondary N) is 4. The molecule has 658 valence electrons. The first kappa shape index (κ1) is 91.7. The molecule has 26 nitrogen and oxygen atoms in total. The van der Waals surface area contributed by atoms with Crippen LogP contribution in [0.2, 0.25) is 5.02 Å². The van der Waals surface area contributed by atoms with Crippen LogP contribution in [0.3, 0.4) is 0 Å². The van der Waals surface area contributed by atoms with E-state index in [4.69, 9.17) is 16.3 Å². The number of anilines is 4. The number of halogens is 3. The summed E-state index contributed by atoms with van der Waals surface area (Å²) in [6.45, 7) is 33.2. The highest BCUT2D eigenvalue weighted by atomic mass is 35.5. The van der Waals surface area contributed by atoms with Crippen molar-refractivity contribution >= 4 is 118 Å². The van der Waals surface area contributed by atoms with Gasteiger partial charge in [0, 0.05) is 85.8 Å². The van der Waals surface area contributed by atoms with E-state index in [1.807, 2.05) is 151 Å². The maximum atomic E-state index is 14.6. The number of nitrogens with zero attached hydrogens (tertiary/aromatic N) is 12. The fourth-order valence-electron chi connectivity index (χ4n) is 14.3. The Labute approximate surface area is 742 Å². The summed E-state index contributed by atoms with van der Waals surface area (Å²) in [5.74, 6) is 0.00366. The molecule has 0 saturated heterocycles. The zero-order valence-corrected chi connectivity index (χ0v) is 77.1. The van der Waals surface area contributed by atoms with Gasteiger partial charge in [0.05, 0.1) is 88.1 Å². The Balaban J connectivity index is 0.000000145. The van der Waals surface area contributed by atoms with Crippen LogP contribution in [-0.4, -0.2) is 99.6 Å². The van der Waals surface area contributed by atoms with Gasteiger partial charge in [0.1, 0.15) is 46.2 Å². The molecule has 33 heteroatoms. The van der Waals surface area contributed by atoms with Crippen LogP contribution in [0.15, 0.2) is 263 Å². The highest BCUT2D eigenvalue weighted by Crippen LogP contribution is 2.38. The first-order valence-electron chi connectivity index (χ1n) is 40.4. The molecule has 0 spiro atoms. The number of aryl methyl sites for hydroxylation is 4. The third kappa shape index (κ3) is 20.6. The average molecular weight is 1810 g/mol. The van der Waals surface area contributed by atoms with Crippen LogP contribution in [0.1, 0.15) is 135 Å². The number of sulfonamides is 4. The Morgan fingerprint density at radius 1 is 0.402 bits per heavy atom. The molecule has 0 aliphatic carbocycles. The lowest BCUT2D eigenvalue weighted by molar-refractivity contribution is -0.903. The number of aromatic nitrogens is 12. The molecular formula is C94H98ClF2N16O10S4+. The minimum Gasteiger partial charge on any atom is -0.492 e. The molecule has 0 radical (unpaired) electrons. The Kier molecular flexibility index (Phi) is 25.8. The van der Waals surface area contributed by atoms with Crippen LogP contribution in [0.5, 0.6) is 5.75 Å². The molecular weight excluding hydrogens is 1710 g/mol. The minimum absolute atomic E-state index is 0.0613. The van der Waals surface area contributed by atoms with E-state index in [-0.39, 0.29) is 42.3 Å². The first-order valence-corrected chi connectivity index (χ1v) is 46.7. The van der Waals surface area contributed by atoms with Crippen molar-refractivity contribution in [3.05, 3.63) is 305 Å². The number of hydrogen-bond donors (Lipinski definition) is 5. The summed E-state index contributed by atoms with van der Waals surface area (Å²) in [5, 5.41) is 32.1. The molecule has 0 amide bonds. The largest absolute Gasteiger partial charge is 0.492 e. The Hall–Kier alpha value is -13.0. The predicted molar refractivity (Wildman–Crippen MR) is 494 cm³/mol. The molecule has 0 atom stereocenters. The number of fused-ring (bicyclic) bond motifs is 4. The topological polar surface area (TPSA) is 328 Å². The standard InChI is InChI=1S/C25H28N4O3S.C23H23ClN4O2S.C23H22F2N4O2S.C23H25N4O3S/c1-6-32-22-14-13-21(20-8-7-15-26-24(20)22)29-23(16-17(2)27-29)28-33(30,31)19-11-9-18(10-12-19)25(3,4)5;1-15-13-22(28(26-15)21-9-5-8-20-17(21)7-6-12-25-20)27-31(29,30)16-10-11-18(19(24)14-16)23(2,3)4;1-14-11-21(29(27-14)20-9-5-8-19-16(20)7-6-10-26-19)28-32(30,31)15-12-17(24)22(18(25)13-15)23(2,3)4;1-16-14-22(25-31(29,30)19-10-8-18(9-11-19)23(2,3)4)27(24-16)21-7-5-6-17-15-26(28)13-12-20(17)21/h7-16,28H,6H2,1-5H3;5-14,27H,1-4H3;5-13,28H,1-4H3;5-15,25,28H,1-4H3/q;;;+1. The van der Waals surface area contributed by atoms with Crippen molar-refractivity contribution in [3.63, 3.8) is 0 Å². The molecule has 0 bridgehead atoms. The van der Waals surface area contributed by atoms with Crippen LogP contribution >= 0.6 is 11.6 Å². The highest BCUT2D eigenvalue weighted by Gasteiger charge is 2.31. The van der Waals surface area contributed by atoms with Crippen molar-refractivity contribution in [2.45, 2.75) is 159 Å². The molecule has 0 aliphatic heterocycles. The summed E-state index contributed by atoms with van der Waals surface area (Å²) in [4.78, 5) is 13.1. The summed E-state index contributed by atoms with van der Waals surface area (Å²) in [7, 11) is -15.8. The van der Waals surface area contributed by atoms with E-state index in [0.717, 1.165) is 71.7 Å². The van der Waals surface area contributed by atoms with Crippen LogP contribution in [0, 0.1) is 39.3 Å². The van der Waals surface area contributed by atoms with Crippen LogP contribution in [-0.2, 0) is 61.8 Å². The van der Waals surface area contributed by atoms with Gasteiger partial charge in [-0.15, -0.1) is 0 Å². The number of benzene rings is 8. The fraction of sp³-hybridized carbons (Fsp3) is 0.234. The van der Waals surface area contributed by atoms with Gasteiger partial charge in [-0.25, -0.2) is 61.2 Å². The third-order valence-electron chi connectivity index (χ3n) is 20.4. The molecule has 127 heavy (non-hydrogen) atoms. The number of ether oxygens (including phenoxy) is 1. The highest BCUT2D eigenvalue weighted by molar-refractivity contribution is 7.93. The second kappa shape index (κ2) is 35.8. The minimum atomic E-state index is -4.30. The molecule has 16 aromatic rings. The lowest BCUT2D eigenvalue weighted by Gasteiger charge is -2.21. The van der Waals surface area contributed by atoms with Gasteiger partial charge < -0.3 is 4.74 Å². The van der Waals surface area contributed by atoms with E-state index < -0.39 is 62.0 Å². The maximum Gasteiger partial charge on any atom is 0.263 e. The van der Waals surface area contributed by atoms with Gasteiger partial charge in [-0.3, -0.25) is 39.0 Å². The Morgan fingerprint density at radius 2 is 0.780 bits per heavy atom. The van der Waals surface area contributed by atoms with E-state index in [1.165, 1.54) is 16.9 Å². The van der Waals surface area contributed by atoms with Crippen LogP contribution < -0.4 is 28.4 Å². The van der Waals surface area contributed by atoms with Crippen molar-refractivity contribution in [1.29, 1.82) is 0 Å². The second-order valence-electron chi connectivity index (χ2n) is 34.4. The molecule has 16 rings (SSSR count). The maximum absolute atomic E-state index is 14.6.